The topological polar surface area (TPSA) is 62.6 Å². The van der Waals surface area contributed by atoms with Gasteiger partial charge in [-0.2, -0.15) is 5.26 Å². The summed E-state index contributed by atoms with van der Waals surface area (Å²) in [6, 6.07) is 9.17. The number of carbonyl (C=O) groups is 1. The quantitative estimate of drug-likeness (QED) is 0.438. The molecule has 0 spiro atoms. The molecule has 0 bridgehead atoms. The van der Waals surface area contributed by atoms with Crippen molar-refractivity contribution in [3.8, 4) is 11.8 Å². The molecule has 0 aliphatic rings. The third kappa shape index (κ3) is 5.28. The minimum Gasteiger partial charge on any atom is -0.497 e. The minimum atomic E-state index is -0.295. The van der Waals surface area contributed by atoms with E-state index in [1.165, 1.54) is 4.90 Å². The molecule has 1 aromatic carbocycles. The monoisotopic (exact) mass is 288 g/mol. The Morgan fingerprint density at radius 3 is 2.81 bits per heavy atom. The normalized spacial score (nSPS) is 10.9. The lowest BCUT2D eigenvalue weighted by Gasteiger charge is -2.16. The molecule has 0 aliphatic heterocycles. The second-order valence-corrected chi connectivity index (χ2v) is 4.52. The van der Waals surface area contributed by atoms with Crippen LogP contribution in [-0.2, 0) is 9.53 Å². The number of ether oxygens (including phenoxy) is 2. The molecular formula is C16H20N2O3. The first-order valence-corrected chi connectivity index (χ1v) is 6.62. The summed E-state index contributed by atoms with van der Waals surface area (Å²) in [5, 5.41) is 9.18. The zero-order valence-electron chi connectivity index (χ0n) is 12.6. The van der Waals surface area contributed by atoms with Gasteiger partial charge in [-0.1, -0.05) is 12.1 Å². The number of nitriles is 1. The van der Waals surface area contributed by atoms with E-state index in [1.54, 1.807) is 33.4 Å². The lowest BCUT2D eigenvalue weighted by atomic mass is 10.1. The highest BCUT2D eigenvalue weighted by Gasteiger charge is 2.14. The molecule has 5 heteroatoms. The highest BCUT2D eigenvalue weighted by molar-refractivity contribution is 6.01. The predicted octanol–water partition coefficient (Wildman–Crippen LogP) is 2.10. The van der Waals surface area contributed by atoms with Crippen LogP contribution >= 0.6 is 0 Å². The molecule has 0 saturated heterocycles. The van der Waals surface area contributed by atoms with E-state index in [0.717, 1.165) is 12.0 Å². The lowest BCUT2D eigenvalue weighted by molar-refractivity contribution is -0.125. The number of likely N-dealkylation sites (N-methyl/N-ethyl adjacent to an activating group) is 1. The van der Waals surface area contributed by atoms with Crippen LogP contribution in [0.2, 0.25) is 0 Å². The van der Waals surface area contributed by atoms with Crippen LogP contribution in [0.3, 0.4) is 0 Å². The number of benzene rings is 1. The number of carbonyl (C=O) groups excluding carboxylic acids is 1. The van der Waals surface area contributed by atoms with Crippen LogP contribution < -0.4 is 4.74 Å². The first kappa shape index (κ1) is 16.7. The molecule has 0 N–H and O–H groups in total. The molecule has 0 aromatic heterocycles. The second-order valence-electron chi connectivity index (χ2n) is 4.52. The molecule has 0 fully saturated rings. The van der Waals surface area contributed by atoms with Crippen LogP contribution in [0.25, 0.3) is 6.08 Å². The van der Waals surface area contributed by atoms with Gasteiger partial charge in [0, 0.05) is 27.3 Å². The van der Waals surface area contributed by atoms with E-state index in [0.29, 0.717) is 18.9 Å². The molecule has 0 heterocycles. The van der Waals surface area contributed by atoms with Crippen molar-refractivity contribution in [3.63, 3.8) is 0 Å². The van der Waals surface area contributed by atoms with Crippen LogP contribution in [0.5, 0.6) is 5.75 Å². The van der Waals surface area contributed by atoms with Crippen molar-refractivity contribution in [2.24, 2.45) is 0 Å². The zero-order chi connectivity index (χ0) is 15.7. The van der Waals surface area contributed by atoms with Crippen molar-refractivity contribution >= 4 is 12.0 Å². The van der Waals surface area contributed by atoms with E-state index in [1.807, 2.05) is 24.3 Å². The van der Waals surface area contributed by atoms with Gasteiger partial charge in [0.2, 0.25) is 0 Å². The molecule has 1 amide bonds. The average molecular weight is 288 g/mol. The Hall–Kier alpha value is -2.32. The summed E-state index contributed by atoms with van der Waals surface area (Å²) >= 11 is 0. The zero-order valence-corrected chi connectivity index (χ0v) is 12.6. The van der Waals surface area contributed by atoms with Gasteiger partial charge in [0.05, 0.1) is 7.11 Å². The van der Waals surface area contributed by atoms with E-state index < -0.39 is 0 Å². The SMILES string of the molecule is COCCCN(C)C(=O)/C(C#N)=C/c1cccc(OC)c1. The number of hydrogen-bond acceptors (Lipinski definition) is 4. The van der Waals surface area contributed by atoms with Crippen LogP contribution in [-0.4, -0.2) is 45.2 Å². The van der Waals surface area contributed by atoms with Gasteiger partial charge in [-0.05, 0) is 30.2 Å². The molecule has 0 unspecified atom stereocenters. The number of nitrogens with zero attached hydrogens (tertiary/aromatic N) is 2. The molecule has 112 valence electrons. The van der Waals surface area contributed by atoms with Crippen LogP contribution in [0.4, 0.5) is 0 Å². The summed E-state index contributed by atoms with van der Waals surface area (Å²) in [4.78, 5) is 13.7. The first-order chi connectivity index (χ1) is 10.1. The van der Waals surface area contributed by atoms with Crippen LogP contribution in [0.15, 0.2) is 29.8 Å². The first-order valence-electron chi connectivity index (χ1n) is 6.62. The van der Waals surface area contributed by atoms with Crippen molar-refractivity contribution in [1.82, 2.24) is 4.90 Å². The molecule has 1 aromatic rings. The highest BCUT2D eigenvalue weighted by Crippen LogP contribution is 2.16. The standard InChI is InChI=1S/C16H20N2O3/c1-18(8-5-9-20-2)16(19)14(12-17)10-13-6-4-7-15(11-13)21-3/h4,6-7,10-11H,5,8-9H2,1-3H3/b14-10+. The van der Waals surface area contributed by atoms with Gasteiger partial charge in [0.25, 0.3) is 5.91 Å². The van der Waals surface area contributed by atoms with E-state index in [-0.39, 0.29) is 11.5 Å². The molecule has 5 nitrogen and oxygen atoms in total. The van der Waals surface area contributed by atoms with Gasteiger partial charge in [0.1, 0.15) is 17.4 Å². The maximum atomic E-state index is 12.2. The number of amides is 1. The largest absolute Gasteiger partial charge is 0.497 e. The Bertz CT molecular complexity index is 547. The fourth-order valence-corrected chi connectivity index (χ4v) is 1.79. The van der Waals surface area contributed by atoms with Gasteiger partial charge in [-0.25, -0.2) is 0 Å². The van der Waals surface area contributed by atoms with E-state index in [2.05, 4.69) is 0 Å². The molecule has 0 aliphatic carbocycles. The summed E-state index contributed by atoms with van der Waals surface area (Å²) in [6.45, 7) is 1.13. The summed E-state index contributed by atoms with van der Waals surface area (Å²) in [7, 11) is 4.86. The fraction of sp³-hybridized carbons (Fsp3) is 0.375. The Kier molecular flexibility index (Phi) is 6.99. The third-order valence-corrected chi connectivity index (χ3v) is 2.94. The van der Waals surface area contributed by atoms with Crippen LogP contribution in [0, 0.1) is 11.3 Å². The summed E-state index contributed by atoms with van der Waals surface area (Å²) in [5.74, 6) is 0.387. The Morgan fingerprint density at radius 2 is 2.19 bits per heavy atom. The van der Waals surface area contributed by atoms with Crippen molar-refractivity contribution in [2.45, 2.75) is 6.42 Å². The minimum absolute atomic E-state index is 0.100. The molecule has 0 atom stereocenters. The van der Waals surface area contributed by atoms with Gasteiger partial charge < -0.3 is 14.4 Å². The van der Waals surface area contributed by atoms with Crippen molar-refractivity contribution in [2.75, 3.05) is 34.4 Å². The van der Waals surface area contributed by atoms with Crippen LogP contribution in [0.1, 0.15) is 12.0 Å². The summed E-state index contributed by atoms with van der Waals surface area (Å²) in [6.07, 6.45) is 2.30. The lowest BCUT2D eigenvalue weighted by Crippen LogP contribution is -2.29. The molecule has 0 saturated carbocycles. The summed E-state index contributed by atoms with van der Waals surface area (Å²) < 4.78 is 10.1. The van der Waals surface area contributed by atoms with Crippen molar-refractivity contribution in [3.05, 3.63) is 35.4 Å². The van der Waals surface area contributed by atoms with E-state index in [4.69, 9.17) is 9.47 Å². The smallest absolute Gasteiger partial charge is 0.264 e. The number of rotatable bonds is 7. The summed E-state index contributed by atoms with van der Waals surface area (Å²) in [5.41, 5.74) is 0.854. The Balaban J connectivity index is 2.83. The van der Waals surface area contributed by atoms with Gasteiger partial charge >= 0.3 is 0 Å². The molecule has 0 radical (unpaired) electrons. The fourth-order valence-electron chi connectivity index (χ4n) is 1.79. The van der Waals surface area contributed by atoms with E-state index >= 15 is 0 Å². The Morgan fingerprint density at radius 1 is 1.43 bits per heavy atom. The van der Waals surface area contributed by atoms with Crippen molar-refractivity contribution in [1.29, 1.82) is 5.26 Å². The third-order valence-electron chi connectivity index (χ3n) is 2.94. The average Bonchev–Trinajstić information content (AvgIpc) is 2.52. The van der Waals surface area contributed by atoms with Gasteiger partial charge in [0.15, 0.2) is 0 Å². The van der Waals surface area contributed by atoms with Gasteiger partial charge in [-0.3, -0.25) is 4.79 Å². The highest BCUT2D eigenvalue weighted by atomic mass is 16.5. The van der Waals surface area contributed by atoms with E-state index in [9.17, 15) is 10.1 Å². The Labute approximate surface area is 125 Å². The van der Waals surface area contributed by atoms with Gasteiger partial charge in [-0.15, -0.1) is 0 Å². The number of methoxy groups -OCH3 is 2. The second kappa shape index (κ2) is 8.77. The predicted molar refractivity (Wildman–Crippen MR) is 80.7 cm³/mol. The van der Waals surface area contributed by atoms with Crippen molar-refractivity contribution < 1.29 is 14.3 Å². The maximum absolute atomic E-state index is 12.2. The molecule has 1 rings (SSSR count). The maximum Gasteiger partial charge on any atom is 0.264 e. The molecular weight excluding hydrogens is 268 g/mol. The molecule has 21 heavy (non-hydrogen) atoms. The number of hydrogen-bond donors (Lipinski definition) is 0.